The summed E-state index contributed by atoms with van der Waals surface area (Å²) in [6.07, 6.45) is 7.35. The second-order valence-electron chi connectivity index (χ2n) is 19.3. The molecule has 9 rings (SSSR count). The number of nitrogens with one attached hydrogen (secondary N) is 1. The van der Waals surface area contributed by atoms with Crippen LogP contribution in [0.15, 0.2) is 60.7 Å². The van der Waals surface area contributed by atoms with Crippen LogP contribution in [0.25, 0.3) is 0 Å². The molecule has 0 radical (unpaired) electrons. The number of benzene rings is 3. The Morgan fingerprint density at radius 1 is 0.515 bits per heavy atom. The zero-order chi connectivity index (χ0) is 46.2. The number of carbonyl (C=O) groups is 5. The van der Waals surface area contributed by atoms with Gasteiger partial charge in [0.05, 0.1) is 20.1 Å². The van der Waals surface area contributed by atoms with Gasteiger partial charge < -0.3 is 29.7 Å². The third-order valence-electron chi connectivity index (χ3n) is 15.5. The molecular formula is C50H56Cl4FN5O6. The highest BCUT2D eigenvalue weighted by molar-refractivity contribution is 6.42. The standard InChI is InChI=1S/C50H56Cl4FN5O6/c51-41-13-7-33(23-43(41)53)37-25-59(48(63)31-15-19-57(20-16-31)46(61)29-3-1-4-29)27-39(37)45(56-50(65)66-36-11-9-35(55)10-12-36)40-28-60(26-38(40)34-8-14-42(52)44(54)24-34)49(64)32-17-21-58(22-18-32)47(62)30-5-2-6-30/h7-14,23-24,29-32,37-40,45H,1-6,15-22,25-28H2,(H,56,65)/t37-,38-,39+,40+/m0/s1. The maximum atomic E-state index is 14.7. The van der Waals surface area contributed by atoms with Gasteiger partial charge in [0.25, 0.3) is 0 Å². The van der Waals surface area contributed by atoms with Crippen LogP contribution in [-0.4, -0.2) is 108 Å². The van der Waals surface area contributed by atoms with E-state index in [9.17, 15) is 28.4 Å². The van der Waals surface area contributed by atoms with Gasteiger partial charge in [0.15, 0.2) is 0 Å². The highest BCUT2D eigenvalue weighted by Crippen LogP contribution is 2.46. The highest BCUT2D eigenvalue weighted by Gasteiger charge is 2.51. The van der Waals surface area contributed by atoms with E-state index in [0.717, 1.165) is 49.7 Å². The molecule has 0 unspecified atom stereocenters. The molecule has 0 spiro atoms. The fourth-order valence-electron chi connectivity index (χ4n) is 11.3. The zero-order valence-corrected chi connectivity index (χ0v) is 39.8. The number of halogens is 5. The van der Waals surface area contributed by atoms with Crippen LogP contribution in [0.4, 0.5) is 9.18 Å². The molecule has 6 aliphatic rings. The molecule has 1 N–H and O–H groups in total. The van der Waals surface area contributed by atoms with E-state index in [2.05, 4.69) is 5.32 Å². The number of ether oxygens (including phenoxy) is 1. The van der Waals surface area contributed by atoms with Gasteiger partial charge in [0.2, 0.25) is 23.6 Å². The van der Waals surface area contributed by atoms with Crippen molar-refractivity contribution >= 4 is 76.1 Å². The molecule has 4 atom stereocenters. The molecule has 11 nitrogen and oxygen atoms in total. The maximum absolute atomic E-state index is 14.7. The van der Waals surface area contributed by atoms with Gasteiger partial charge in [-0.1, -0.05) is 71.4 Å². The Balaban J connectivity index is 1.03. The van der Waals surface area contributed by atoms with Gasteiger partial charge in [-0.05, 0) is 111 Å². The van der Waals surface area contributed by atoms with Gasteiger partial charge in [-0.15, -0.1) is 0 Å². The lowest BCUT2D eigenvalue weighted by Crippen LogP contribution is -2.51. The number of piperidine rings is 2. The lowest BCUT2D eigenvalue weighted by molar-refractivity contribution is -0.143. The first-order valence-corrected chi connectivity index (χ1v) is 25.1. The van der Waals surface area contributed by atoms with Crippen LogP contribution in [0.2, 0.25) is 20.1 Å². The summed E-state index contributed by atoms with van der Waals surface area (Å²) >= 11 is 26.3. The average Bonchev–Trinajstić information content (AvgIpc) is 3.93. The molecule has 0 bridgehead atoms. The second-order valence-corrected chi connectivity index (χ2v) is 21.0. The van der Waals surface area contributed by atoms with E-state index in [1.54, 1.807) is 12.1 Å². The molecule has 6 fully saturated rings. The first-order chi connectivity index (χ1) is 31.8. The molecule has 66 heavy (non-hydrogen) atoms. The molecule has 16 heteroatoms. The maximum Gasteiger partial charge on any atom is 0.412 e. The van der Waals surface area contributed by atoms with Crippen molar-refractivity contribution in [1.29, 1.82) is 0 Å². The Bertz CT molecular complexity index is 2190. The van der Waals surface area contributed by atoms with E-state index in [1.807, 2.05) is 43.9 Å². The van der Waals surface area contributed by atoms with Gasteiger partial charge in [0, 0.05) is 106 Å². The van der Waals surface area contributed by atoms with Crippen molar-refractivity contribution in [3.05, 3.63) is 97.7 Å². The van der Waals surface area contributed by atoms with Crippen molar-refractivity contribution in [2.45, 2.75) is 82.1 Å². The molecular weight excluding hydrogens is 927 g/mol. The van der Waals surface area contributed by atoms with E-state index < -0.39 is 29.8 Å². The van der Waals surface area contributed by atoms with E-state index >= 15 is 0 Å². The number of amides is 5. The molecule has 4 aliphatic heterocycles. The van der Waals surface area contributed by atoms with Crippen LogP contribution in [0.5, 0.6) is 5.75 Å². The van der Waals surface area contributed by atoms with Gasteiger partial charge in [0.1, 0.15) is 11.6 Å². The Hall–Kier alpha value is -4.10. The van der Waals surface area contributed by atoms with Crippen molar-refractivity contribution in [3.63, 3.8) is 0 Å². The van der Waals surface area contributed by atoms with Gasteiger partial charge in [-0.3, -0.25) is 19.2 Å². The third kappa shape index (κ3) is 10.0. The first-order valence-electron chi connectivity index (χ1n) is 23.6. The lowest BCUT2D eigenvalue weighted by Gasteiger charge is -2.37. The molecule has 2 saturated carbocycles. The molecule has 4 heterocycles. The van der Waals surface area contributed by atoms with Crippen molar-refractivity contribution in [2.75, 3.05) is 52.4 Å². The number of carbonyl (C=O) groups excluding carboxylic acids is 5. The summed E-state index contributed by atoms with van der Waals surface area (Å²) in [6, 6.07) is 15.4. The number of hydrogen-bond donors (Lipinski definition) is 1. The summed E-state index contributed by atoms with van der Waals surface area (Å²) in [5.74, 6) is -1.83. The molecule has 5 amide bonds. The van der Waals surface area contributed by atoms with Crippen LogP contribution >= 0.6 is 46.4 Å². The lowest BCUT2D eigenvalue weighted by atomic mass is 9.74. The van der Waals surface area contributed by atoms with Crippen LogP contribution in [0.1, 0.15) is 87.2 Å². The van der Waals surface area contributed by atoms with E-state index in [-0.39, 0.29) is 78.0 Å². The van der Waals surface area contributed by atoms with Gasteiger partial charge in [-0.2, -0.15) is 0 Å². The third-order valence-corrected chi connectivity index (χ3v) is 17.0. The molecule has 3 aromatic rings. The first kappa shape index (κ1) is 47.0. The van der Waals surface area contributed by atoms with Crippen molar-refractivity contribution in [3.8, 4) is 5.75 Å². The molecule has 0 aromatic heterocycles. The van der Waals surface area contributed by atoms with Crippen LogP contribution < -0.4 is 10.1 Å². The highest BCUT2D eigenvalue weighted by atomic mass is 35.5. The zero-order valence-electron chi connectivity index (χ0n) is 36.8. The number of hydrogen-bond acceptors (Lipinski definition) is 6. The van der Waals surface area contributed by atoms with E-state index in [0.29, 0.717) is 85.0 Å². The minimum absolute atomic E-state index is 0.00247. The van der Waals surface area contributed by atoms with Gasteiger partial charge >= 0.3 is 6.09 Å². The summed E-state index contributed by atoms with van der Waals surface area (Å²) in [5, 5.41) is 4.71. The predicted molar refractivity (Wildman–Crippen MR) is 251 cm³/mol. The Morgan fingerprint density at radius 2 is 0.909 bits per heavy atom. The molecule has 352 valence electrons. The topological polar surface area (TPSA) is 120 Å². The number of rotatable bonds is 10. The van der Waals surface area contributed by atoms with E-state index in [1.165, 1.54) is 24.3 Å². The summed E-state index contributed by atoms with van der Waals surface area (Å²) < 4.78 is 19.8. The summed E-state index contributed by atoms with van der Waals surface area (Å²) in [5.41, 5.74) is 1.68. The minimum atomic E-state index is -0.769. The Morgan fingerprint density at radius 3 is 1.29 bits per heavy atom. The minimum Gasteiger partial charge on any atom is -0.410 e. The molecule has 3 aromatic carbocycles. The van der Waals surface area contributed by atoms with Crippen LogP contribution in [0, 0.1) is 41.3 Å². The summed E-state index contributed by atoms with van der Waals surface area (Å²) in [4.78, 5) is 77.4. The smallest absolute Gasteiger partial charge is 0.410 e. The Labute approximate surface area is 405 Å². The SMILES string of the molecule is O=C(NC([C@@H]1CN(C(=O)C2CCN(C(=O)C3CCC3)CC2)C[C@H]1c1ccc(Cl)c(Cl)c1)[C@@H]1CN(C(=O)C2CCN(C(=O)C3CCC3)CC2)C[C@H]1c1ccc(Cl)c(Cl)c1)Oc1ccc(F)cc1. The number of likely N-dealkylation sites (tertiary alicyclic amines) is 4. The fourth-order valence-corrected chi connectivity index (χ4v) is 11.9. The average molecular weight is 984 g/mol. The largest absolute Gasteiger partial charge is 0.412 e. The monoisotopic (exact) mass is 981 g/mol. The van der Waals surface area contributed by atoms with Crippen molar-refractivity contribution < 1.29 is 33.1 Å². The van der Waals surface area contributed by atoms with Crippen LogP contribution in [0.3, 0.4) is 0 Å². The summed E-state index contributed by atoms with van der Waals surface area (Å²) in [7, 11) is 0. The molecule has 4 saturated heterocycles. The number of nitrogens with zero attached hydrogens (tertiary/aromatic N) is 4. The summed E-state index contributed by atoms with van der Waals surface area (Å²) in [6.45, 7) is 3.35. The second kappa shape index (κ2) is 20.2. The Kier molecular flexibility index (Phi) is 14.4. The van der Waals surface area contributed by atoms with Crippen molar-refractivity contribution in [2.24, 2.45) is 35.5 Å². The normalized spacial score (nSPS) is 24.3. The quantitative estimate of drug-likeness (QED) is 0.216. The predicted octanol–water partition coefficient (Wildman–Crippen LogP) is 9.46. The van der Waals surface area contributed by atoms with Crippen molar-refractivity contribution in [1.82, 2.24) is 24.9 Å². The van der Waals surface area contributed by atoms with E-state index in [4.69, 9.17) is 51.1 Å². The molecule has 2 aliphatic carbocycles. The fraction of sp³-hybridized carbons (Fsp3) is 0.540. The van der Waals surface area contributed by atoms with Crippen LogP contribution in [-0.2, 0) is 19.2 Å². The van der Waals surface area contributed by atoms with Gasteiger partial charge in [-0.25, -0.2) is 9.18 Å².